The first-order valence-electron chi connectivity index (χ1n) is 5.31. The lowest BCUT2D eigenvalue weighted by Gasteiger charge is -2.42. The Kier molecular flexibility index (Phi) is 3.16. The number of hydrogen-bond acceptors (Lipinski definition) is 1. The molecular formula is C11H23N. The summed E-state index contributed by atoms with van der Waals surface area (Å²) >= 11 is 0. The molecule has 12 heavy (non-hydrogen) atoms. The third-order valence-electron chi connectivity index (χ3n) is 3.38. The van der Waals surface area contributed by atoms with Gasteiger partial charge in [0, 0.05) is 12.1 Å². The minimum absolute atomic E-state index is 0.425. The summed E-state index contributed by atoms with van der Waals surface area (Å²) in [7, 11) is 0. The molecule has 0 aliphatic carbocycles. The van der Waals surface area contributed by atoms with Crippen LogP contribution in [0.4, 0.5) is 0 Å². The zero-order valence-corrected chi connectivity index (χ0v) is 9.06. The summed E-state index contributed by atoms with van der Waals surface area (Å²) in [5, 5.41) is 0. The molecule has 1 aliphatic heterocycles. The van der Waals surface area contributed by atoms with Gasteiger partial charge in [0.05, 0.1) is 0 Å². The molecule has 0 aromatic carbocycles. The molecule has 0 amide bonds. The minimum atomic E-state index is 0.425. The van der Waals surface area contributed by atoms with Gasteiger partial charge in [-0.05, 0) is 45.6 Å². The SMILES string of the molecule is CCC(C)(C)N1CCC[C@H](C)C1. The predicted octanol–water partition coefficient (Wildman–Crippen LogP) is 2.91. The van der Waals surface area contributed by atoms with Crippen LogP contribution < -0.4 is 0 Å². The standard InChI is InChI=1S/C11H23N/c1-5-11(3,4)12-8-6-7-10(2)9-12/h10H,5-9H2,1-4H3/t10-/m0/s1. The van der Waals surface area contributed by atoms with Crippen molar-refractivity contribution in [1.29, 1.82) is 0 Å². The Labute approximate surface area is 77.1 Å². The van der Waals surface area contributed by atoms with Crippen LogP contribution in [0.15, 0.2) is 0 Å². The van der Waals surface area contributed by atoms with E-state index < -0.39 is 0 Å². The summed E-state index contributed by atoms with van der Waals surface area (Å²) in [5.41, 5.74) is 0.425. The third-order valence-corrected chi connectivity index (χ3v) is 3.38. The van der Waals surface area contributed by atoms with Crippen molar-refractivity contribution in [3.63, 3.8) is 0 Å². The van der Waals surface area contributed by atoms with Crippen molar-refractivity contribution >= 4 is 0 Å². The van der Waals surface area contributed by atoms with Gasteiger partial charge in [-0.2, -0.15) is 0 Å². The molecule has 1 heterocycles. The Morgan fingerprint density at radius 1 is 1.42 bits per heavy atom. The first-order chi connectivity index (χ1) is 5.56. The van der Waals surface area contributed by atoms with Crippen LogP contribution in [0, 0.1) is 5.92 Å². The van der Waals surface area contributed by atoms with Crippen molar-refractivity contribution in [3.8, 4) is 0 Å². The number of piperidine rings is 1. The molecule has 1 nitrogen and oxygen atoms in total. The van der Waals surface area contributed by atoms with Crippen molar-refractivity contribution in [2.75, 3.05) is 13.1 Å². The van der Waals surface area contributed by atoms with Crippen molar-refractivity contribution in [3.05, 3.63) is 0 Å². The average Bonchev–Trinajstić information content (AvgIpc) is 2.05. The molecule has 0 N–H and O–H groups in total. The van der Waals surface area contributed by atoms with Crippen molar-refractivity contribution in [1.82, 2.24) is 4.90 Å². The van der Waals surface area contributed by atoms with Gasteiger partial charge in [-0.15, -0.1) is 0 Å². The summed E-state index contributed by atoms with van der Waals surface area (Å²) in [6.07, 6.45) is 4.08. The lowest BCUT2D eigenvalue weighted by atomic mass is 9.92. The third kappa shape index (κ3) is 2.22. The lowest BCUT2D eigenvalue weighted by molar-refractivity contribution is 0.0686. The fraction of sp³-hybridized carbons (Fsp3) is 1.00. The molecule has 1 aliphatic rings. The number of likely N-dealkylation sites (tertiary alicyclic amines) is 1. The first-order valence-corrected chi connectivity index (χ1v) is 5.31. The molecule has 72 valence electrons. The maximum Gasteiger partial charge on any atom is 0.0150 e. The Morgan fingerprint density at radius 3 is 2.58 bits per heavy atom. The largest absolute Gasteiger partial charge is 0.298 e. The van der Waals surface area contributed by atoms with E-state index in [-0.39, 0.29) is 0 Å². The van der Waals surface area contributed by atoms with Crippen LogP contribution in [0.3, 0.4) is 0 Å². The fourth-order valence-electron chi connectivity index (χ4n) is 1.96. The van der Waals surface area contributed by atoms with Crippen LogP contribution in [0.5, 0.6) is 0 Å². The molecule has 1 heteroatoms. The second-order valence-corrected chi connectivity index (χ2v) is 4.86. The Balaban J connectivity index is 2.50. The number of hydrogen-bond donors (Lipinski definition) is 0. The van der Waals surface area contributed by atoms with Crippen molar-refractivity contribution < 1.29 is 0 Å². The van der Waals surface area contributed by atoms with Crippen molar-refractivity contribution in [2.24, 2.45) is 5.92 Å². The van der Waals surface area contributed by atoms with E-state index >= 15 is 0 Å². The van der Waals surface area contributed by atoms with E-state index in [0.717, 1.165) is 5.92 Å². The molecule has 0 radical (unpaired) electrons. The van der Waals surface area contributed by atoms with E-state index in [9.17, 15) is 0 Å². The molecule has 1 fully saturated rings. The van der Waals surface area contributed by atoms with E-state index in [1.165, 1.54) is 32.4 Å². The molecule has 0 unspecified atom stereocenters. The summed E-state index contributed by atoms with van der Waals surface area (Å²) < 4.78 is 0. The smallest absolute Gasteiger partial charge is 0.0150 e. The van der Waals surface area contributed by atoms with Gasteiger partial charge in [-0.25, -0.2) is 0 Å². The summed E-state index contributed by atoms with van der Waals surface area (Å²) in [4.78, 5) is 2.65. The maximum absolute atomic E-state index is 2.65. The Morgan fingerprint density at radius 2 is 2.08 bits per heavy atom. The number of nitrogens with zero attached hydrogens (tertiary/aromatic N) is 1. The van der Waals surface area contributed by atoms with Crippen LogP contribution in [0.2, 0.25) is 0 Å². The van der Waals surface area contributed by atoms with Gasteiger partial charge in [0.15, 0.2) is 0 Å². The summed E-state index contributed by atoms with van der Waals surface area (Å²) in [5.74, 6) is 0.907. The predicted molar refractivity (Wildman–Crippen MR) is 54.3 cm³/mol. The normalized spacial score (nSPS) is 27.5. The minimum Gasteiger partial charge on any atom is -0.298 e. The second-order valence-electron chi connectivity index (χ2n) is 4.86. The molecule has 0 aromatic heterocycles. The van der Waals surface area contributed by atoms with E-state index in [1.54, 1.807) is 0 Å². The summed E-state index contributed by atoms with van der Waals surface area (Å²) in [6.45, 7) is 12.0. The zero-order chi connectivity index (χ0) is 9.19. The molecule has 0 saturated carbocycles. The highest BCUT2D eigenvalue weighted by Gasteiger charge is 2.27. The molecule has 0 bridgehead atoms. The van der Waals surface area contributed by atoms with Gasteiger partial charge < -0.3 is 0 Å². The fourth-order valence-corrected chi connectivity index (χ4v) is 1.96. The quantitative estimate of drug-likeness (QED) is 0.614. The molecule has 1 rings (SSSR count). The van der Waals surface area contributed by atoms with Crippen LogP contribution in [-0.4, -0.2) is 23.5 Å². The molecule has 0 spiro atoms. The van der Waals surface area contributed by atoms with E-state index in [2.05, 4.69) is 32.6 Å². The first kappa shape index (κ1) is 10.0. The van der Waals surface area contributed by atoms with Crippen LogP contribution in [-0.2, 0) is 0 Å². The van der Waals surface area contributed by atoms with Crippen molar-refractivity contribution in [2.45, 2.75) is 52.5 Å². The average molecular weight is 169 g/mol. The van der Waals surface area contributed by atoms with Crippen LogP contribution >= 0.6 is 0 Å². The van der Waals surface area contributed by atoms with Gasteiger partial charge in [0.2, 0.25) is 0 Å². The van der Waals surface area contributed by atoms with E-state index in [1.807, 2.05) is 0 Å². The van der Waals surface area contributed by atoms with Crippen LogP contribution in [0.1, 0.15) is 47.0 Å². The highest BCUT2D eigenvalue weighted by atomic mass is 15.2. The van der Waals surface area contributed by atoms with Gasteiger partial charge >= 0.3 is 0 Å². The number of rotatable bonds is 2. The van der Waals surface area contributed by atoms with E-state index in [4.69, 9.17) is 0 Å². The second kappa shape index (κ2) is 3.78. The highest BCUT2D eigenvalue weighted by Crippen LogP contribution is 2.25. The summed E-state index contributed by atoms with van der Waals surface area (Å²) in [6, 6.07) is 0. The maximum atomic E-state index is 2.65. The highest BCUT2D eigenvalue weighted by molar-refractivity contribution is 4.83. The molecule has 1 atom stereocenters. The van der Waals surface area contributed by atoms with Gasteiger partial charge in [-0.3, -0.25) is 4.90 Å². The van der Waals surface area contributed by atoms with Crippen LogP contribution in [0.25, 0.3) is 0 Å². The van der Waals surface area contributed by atoms with E-state index in [0.29, 0.717) is 5.54 Å². The van der Waals surface area contributed by atoms with Gasteiger partial charge in [0.25, 0.3) is 0 Å². The Hall–Kier alpha value is -0.0400. The van der Waals surface area contributed by atoms with Gasteiger partial charge in [0.1, 0.15) is 0 Å². The molecule has 1 saturated heterocycles. The lowest BCUT2D eigenvalue weighted by Crippen LogP contribution is -2.48. The van der Waals surface area contributed by atoms with Gasteiger partial charge in [-0.1, -0.05) is 13.8 Å². The topological polar surface area (TPSA) is 3.24 Å². The monoisotopic (exact) mass is 169 g/mol. The zero-order valence-electron chi connectivity index (χ0n) is 9.06. The molecular weight excluding hydrogens is 146 g/mol. The Bertz CT molecular complexity index is 140. The molecule has 0 aromatic rings.